The molecule has 2 aromatic rings. The van der Waals surface area contributed by atoms with Crippen molar-refractivity contribution < 1.29 is 9.53 Å². The van der Waals surface area contributed by atoms with Crippen LogP contribution < -0.4 is 10.1 Å². The highest BCUT2D eigenvalue weighted by atomic mass is 35.5. The normalized spacial score (nSPS) is 17.7. The number of carbonyl (C=O) groups is 1. The number of nitrogens with one attached hydrogen (secondary N) is 1. The van der Waals surface area contributed by atoms with E-state index in [-0.39, 0.29) is 24.4 Å². The van der Waals surface area contributed by atoms with Crippen molar-refractivity contribution in [1.29, 1.82) is 0 Å². The first-order valence-electron chi connectivity index (χ1n) is 9.34. The Bertz CT molecular complexity index is 743. The van der Waals surface area contributed by atoms with Crippen molar-refractivity contribution in [2.45, 2.75) is 38.8 Å². The predicted molar refractivity (Wildman–Crippen MR) is 109 cm³/mol. The Labute approximate surface area is 167 Å². The first kappa shape index (κ1) is 21.3. The van der Waals surface area contributed by atoms with E-state index in [0.717, 1.165) is 37.2 Å². The van der Waals surface area contributed by atoms with E-state index in [1.807, 2.05) is 60.0 Å². The molecule has 0 saturated carbocycles. The van der Waals surface area contributed by atoms with Crippen molar-refractivity contribution in [2.75, 3.05) is 26.7 Å². The van der Waals surface area contributed by atoms with Crippen molar-refractivity contribution in [2.24, 2.45) is 0 Å². The fraction of sp³-hybridized carbons (Fsp3) is 0.500. The molecule has 6 nitrogen and oxygen atoms in total. The van der Waals surface area contributed by atoms with Gasteiger partial charge in [-0.1, -0.05) is 12.1 Å². The second kappa shape index (κ2) is 9.76. The Morgan fingerprint density at radius 3 is 2.93 bits per heavy atom. The summed E-state index contributed by atoms with van der Waals surface area (Å²) in [5, 5.41) is 7.96. The minimum atomic E-state index is -0.0518. The highest BCUT2D eigenvalue weighted by Gasteiger charge is 2.24. The van der Waals surface area contributed by atoms with Crippen LogP contribution >= 0.6 is 12.4 Å². The summed E-state index contributed by atoms with van der Waals surface area (Å²) in [7, 11) is 1.65. The van der Waals surface area contributed by atoms with Crippen molar-refractivity contribution in [1.82, 2.24) is 20.0 Å². The summed E-state index contributed by atoms with van der Waals surface area (Å²) in [5.74, 6) is 0.761. The topological polar surface area (TPSA) is 59.4 Å². The molecule has 27 heavy (non-hydrogen) atoms. The Hall–Kier alpha value is -2.05. The molecule has 0 aliphatic carbocycles. The van der Waals surface area contributed by atoms with Crippen molar-refractivity contribution >= 4 is 18.3 Å². The maximum atomic E-state index is 13.0. The molecule has 0 radical (unpaired) electrons. The molecule has 1 aliphatic heterocycles. The van der Waals surface area contributed by atoms with Crippen LogP contribution in [0.15, 0.2) is 36.5 Å². The molecule has 1 aliphatic rings. The standard InChI is InChI=1S/C20H28N4O2.ClH/c1-4-23(15(2)16-7-5-9-18(13-16)26-3)20(25)19-10-12-24(22-19)17-8-6-11-21-14-17;/h5,7,9-10,12-13,15,17,21H,4,6,8,11,14H2,1-3H3;1H. The second-order valence-electron chi connectivity index (χ2n) is 6.72. The Balaban J connectivity index is 0.00000261. The predicted octanol–water partition coefficient (Wildman–Crippen LogP) is 3.46. The van der Waals surface area contributed by atoms with E-state index in [4.69, 9.17) is 4.74 Å². The summed E-state index contributed by atoms with van der Waals surface area (Å²) >= 11 is 0. The lowest BCUT2D eigenvalue weighted by atomic mass is 10.1. The average molecular weight is 393 g/mol. The van der Waals surface area contributed by atoms with Gasteiger partial charge in [0.25, 0.3) is 5.91 Å². The molecule has 148 valence electrons. The maximum absolute atomic E-state index is 13.0. The molecule has 2 atom stereocenters. The lowest BCUT2D eigenvalue weighted by Gasteiger charge is -2.28. The Morgan fingerprint density at radius 2 is 2.26 bits per heavy atom. The van der Waals surface area contributed by atoms with Gasteiger partial charge < -0.3 is 15.0 Å². The van der Waals surface area contributed by atoms with Crippen LogP contribution in [0, 0.1) is 0 Å². The fourth-order valence-electron chi connectivity index (χ4n) is 3.54. The van der Waals surface area contributed by atoms with Gasteiger partial charge in [-0.05, 0) is 57.0 Å². The minimum absolute atomic E-state index is 0. The number of hydrogen-bond acceptors (Lipinski definition) is 4. The van der Waals surface area contributed by atoms with E-state index in [1.54, 1.807) is 7.11 Å². The zero-order valence-corrected chi connectivity index (χ0v) is 17.0. The van der Waals surface area contributed by atoms with Gasteiger partial charge in [0.1, 0.15) is 11.4 Å². The molecule has 2 unspecified atom stereocenters. The third-order valence-electron chi connectivity index (χ3n) is 5.12. The molecule has 1 amide bonds. The number of aromatic nitrogens is 2. The highest BCUT2D eigenvalue weighted by molar-refractivity contribution is 5.92. The number of rotatable bonds is 6. The molecule has 2 heterocycles. The van der Waals surface area contributed by atoms with Gasteiger partial charge in [0.2, 0.25) is 0 Å². The van der Waals surface area contributed by atoms with Gasteiger partial charge in [0.15, 0.2) is 0 Å². The first-order chi connectivity index (χ1) is 12.6. The smallest absolute Gasteiger partial charge is 0.274 e. The highest BCUT2D eigenvalue weighted by Crippen LogP contribution is 2.25. The third-order valence-corrected chi connectivity index (χ3v) is 5.12. The molecule has 1 aromatic carbocycles. The summed E-state index contributed by atoms with van der Waals surface area (Å²) in [6.07, 6.45) is 4.16. The SMILES string of the molecule is CCN(C(=O)c1ccn(C2CCCNC2)n1)C(C)c1cccc(OC)c1.Cl. The van der Waals surface area contributed by atoms with Gasteiger partial charge in [0.05, 0.1) is 19.2 Å². The van der Waals surface area contributed by atoms with Crippen LogP contribution in [0.2, 0.25) is 0 Å². The van der Waals surface area contributed by atoms with Crippen LogP contribution in [-0.2, 0) is 0 Å². The molecule has 1 fully saturated rings. The van der Waals surface area contributed by atoms with E-state index in [1.165, 1.54) is 0 Å². The number of benzene rings is 1. The Morgan fingerprint density at radius 1 is 1.44 bits per heavy atom. The van der Waals surface area contributed by atoms with Crippen LogP contribution in [0.3, 0.4) is 0 Å². The molecule has 1 aromatic heterocycles. The second-order valence-corrected chi connectivity index (χ2v) is 6.72. The van der Waals surface area contributed by atoms with Crippen LogP contribution in [0.1, 0.15) is 54.8 Å². The summed E-state index contributed by atoms with van der Waals surface area (Å²) in [5.41, 5.74) is 1.56. The monoisotopic (exact) mass is 392 g/mol. The molecular formula is C20H29ClN4O2. The molecule has 0 bridgehead atoms. The van der Waals surface area contributed by atoms with Gasteiger partial charge in [-0.15, -0.1) is 12.4 Å². The number of ether oxygens (including phenoxy) is 1. The lowest BCUT2D eigenvalue weighted by Crippen LogP contribution is -2.34. The van der Waals surface area contributed by atoms with E-state index >= 15 is 0 Å². The van der Waals surface area contributed by atoms with Crippen molar-refractivity contribution in [3.05, 3.63) is 47.8 Å². The van der Waals surface area contributed by atoms with Gasteiger partial charge in [-0.25, -0.2) is 0 Å². The molecule has 0 spiro atoms. The largest absolute Gasteiger partial charge is 0.497 e. The first-order valence-corrected chi connectivity index (χ1v) is 9.34. The Kier molecular flexibility index (Phi) is 7.68. The van der Waals surface area contributed by atoms with Crippen molar-refractivity contribution in [3.8, 4) is 5.75 Å². The molecule has 1 saturated heterocycles. The summed E-state index contributed by atoms with van der Waals surface area (Å²) in [4.78, 5) is 14.9. The average Bonchev–Trinajstić information content (AvgIpc) is 3.19. The lowest BCUT2D eigenvalue weighted by molar-refractivity contribution is 0.0694. The van der Waals surface area contributed by atoms with Gasteiger partial charge >= 0.3 is 0 Å². The van der Waals surface area contributed by atoms with E-state index in [0.29, 0.717) is 18.3 Å². The summed E-state index contributed by atoms with van der Waals surface area (Å²) in [6.45, 7) is 6.63. The molecule has 7 heteroatoms. The fourth-order valence-corrected chi connectivity index (χ4v) is 3.54. The molecular weight excluding hydrogens is 364 g/mol. The molecule has 3 rings (SSSR count). The van der Waals surface area contributed by atoms with Crippen LogP contribution in [0.4, 0.5) is 0 Å². The van der Waals surface area contributed by atoms with E-state index in [9.17, 15) is 4.79 Å². The van der Waals surface area contributed by atoms with E-state index in [2.05, 4.69) is 10.4 Å². The van der Waals surface area contributed by atoms with Crippen LogP contribution in [-0.4, -0.2) is 47.3 Å². The molecule has 1 N–H and O–H groups in total. The van der Waals surface area contributed by atoms with E-state index < -0.39 is 0 Å². The van der Waals surface area contributed by atoms with Gasteiger partial charge in [-0.2, -0.15) is 5.10 Å². The number of nitrogens with zero attached hydrogens (tertiary/aromatic N) is 3. The number of piperidine rings is 1. The summed E-state index contributed by atoms with van der Waals surface area (Å²) < 4.78 is 7.24. The van der Waals surface area contributed by atoms with Crippen molar-refractivity contribution in [3.63, 3.8) is 0 Å². The number of hydrogen-bond donors (Lipinski definition) is 1. The van der Waals surface area contributed by atoms with Crippen LogP contribution in [0.5, 0.6) is 5.75 Å². The van der Waals surface area contributed by atoms with Gasteiger partial charge in [-0.3, -0.25) is 9.48 Å². The maximum Gasteiger partial charge on any atom is 0.274 e. The zero-order chi connectivity index (χ0) is 18.5. The number of carbonyl (C=O) groups excluding carboxylic acids is 1. The third kappa shape index (κ3) is 4.82. The quantitative estimate of drug-likeness (QED) is 0.817. The van der Waals surface area contributed by atoms with Gasteiger partial charge in [0, 0.05) is 19.3 Å². The van der Waals surface area contributed by atoms with Crippen LogP contribution in [0.25, 0.3) is 0 Å². The number of amides is 1. The summed E-state index contributed by atoms with van der Waals surface area (Å²) in [6, 6.07) is 9.97. The zero-order valence-electron chi connectivity index (χ0n) is 16.2. The number of methoxy groups -OCH3 is 1. The minimum Gasteiger partial charge on any atom is -0.497 e. The number of halogens is 1.